The van der Waals surface area contributed by atoms with Crippen LogP contribution < -0.4 is 4.74 Å². The van der Waals surface area contributed by atoms with Crippen LogP contribution in [-0.2, 0) is 10.5 Å². The number of hydrogen-bond acceptors (Lipinski definition) is 6. The van der Waals surface area contributed by atoms with Gasteiger partial charge in [-0.25, -0.2) is 17.9 Å². The first-order valence-corrected chi connectivity index (χ1v) is 9.46. The summed E-state index contributed by atoms with van der Waals surface area (Å²) < 4.78 is 44.1. The Morgan fingerprint density at radius 3 is 2.59 bits per heavy atom. The highest BCUT2D eigenvalue weighted by atomic mass is 32.2. The topological polar surface area (TPSA) is 51.9 Å². The van der Waals surface area contributed by atoms with Crippen LogP contribution in [0.4, 0.5) is 8.78 Å². The van der Waals surface area contributed by atoms with Gasteiger partial charge in [0.1, 0.15) is 11.3 Å². The third-order valence-electron chi connectivity index (χ3n) is 4.53. The smallest absolute Gasteiger partial charge is 0.341 e. The molecule has 5 nitrogen and oxygen atoms in total. The fourth-order valence-corrected chi connectivity index (χ4v) is 4.03. The molecule has 1 fully saturated rings. The minimum absolute atomic E-state index is 0.146. The first-order valence-electron chi connectivity index (χ1n) is 8.51. The van der Waals surface area contributed by atoms with Crippen LogP contribution in [0, 0.1) is 0 Å². The van der Waals surface area contributed by atoms with Crippen LogP contribution in [0.5, 0.6) is 5.75 Å². The maximum Gasteiger partial charge on any atom is 0.341 e. The Morgan fingerprint density at radius 2 is 2.00 bits per heavy atom. The maximum absolute atomic E-state index is 13.3. The van der Waals surface area contributed by atoms with Crippen LogP contribution in [0.25, 0.3) is 11.1 Å². The van der Waals surface area contributed by atoms with Gasteiger partial charge in [0.15, 0.2) is 0 Å². The molecule has 1 saturated heterocycles. The van der Waals surface area contributed by atoms with Crippen LogP contribution in [0.1, 0.15) is 28.8 Å². The van der Waals surface area contributed by atoms with Gasteiger partial charge in [0.25, 0.3) is 5.92 Å². The first-order chi connectivity index (χ1) is 12.9. The number of piperidine rings is 1. The number of methoxy groups -OCH3 is 2. The average molecular weight is 397 g/mol. The van der Waals surface area contributed by atoms with Crippen LogP contribution in [0.15, 0.2) is 35.1 Å². The summed E-state index contributed by atoms with van der Waals surface area (Å²) in [5, 5.41) is 0. The molecule has 0 atom stereocenters. The van der Waals surface area contributed by atoms with Gasteiger partial charge in [-0.1, -0.05) is 24.1 Å². The second-order valence-corrected chi connectivity index (χ2v) is 7.31. The number of halogens is 2. The molecule has 2 aromatic rings. The molecule has 0 N–H and O–H groups in total. The second kappa shape index (κ2) is 8.31. The monoisotopic (exact) mass is 397 g/mol. The highest BCUT2D eigenvalue weighted by Gasteiger charge is 2.34. The van der Waals surface area contributed by atoms with E-state index in [1.54, 1.807) is 18.6 Å². The van der Waals surface area contributed by atoms with Crippen molar-refractivity contribution in [1.82, 2.24) is 4.31 Å². The molecule has 3 rings (SSSR count). The Hall–Kier alpha value is -2.06. The van der Waals surface area contributed by atoms with Crippen molar-refractivity contribution >= 4 is 17.9 Å². The fraction of sp³-hybridized carbons (Fsp3) is 0.421. The van der Waals surface area contributed by atoms with Crippen LogP contribution in [0.3, 0.4) is 0 Å². The lowest BCUT2D eigenvalue weighted by Gasteiger charge is -2.30. The SMILES string of the molecule is COC(=O)c1c(CSN2CCC(F)(F)CC2)ccc(-c2ccoc2)c1OC. The number of alkyl halides is 2. The summed E-state index contributed by atoms with van der Waals surface area (Å²) in [7, 11) is 2.81. The molecule has 0 aliphatic carbocycles. The molecule has 0 spiro atoms. The number of hydrogen-bond donors (Lipinski definition) is 0. The lowest BCUT2D eigenvalue weighted by Crippen LogP contribution is -2.35. The molecule has 0 amide bonds. The molecule has 1 aliphatic heterocycles. The van der Waals surface area contributed by atoms with Crippen molar-refractivity contribution in [3.8, 4) is 16.9 Å². The lowest BCUT2D eigenvalue weighted by molar-refractivity contribution is -0.0399. The first kappa shape index (κ1) is 19.7. The Kier molecular flexibility index (Phi) is 6.06. The van der Waals surface area contributed by atoms with E-state index in [1.165, 1.54) is 26.2 Å². The molecule has 0 radical (unpaired) electrons. The predicted molar refractivity (Wildman–Crippen MR) is 99.1 cm³/mol. The number of benzene rings is 1. The minimum atomic E-state index is -2.58. The zero-order valence-corrected chi connectivity index (χ0v) is 16.0. The molecule has 1 aromatic carbocycles. The molecular formula is C19H21F2NO4S. The van der Waals surface area contributed by atoms with Gasteiger partial charge in [-0.3, -0.25) is 0 Å². The largest absolute Gasteiger partial charge is 0.495 e. The van der Waals surface area contributed by atoms with Crippen molar-refractivity contribution in [3.63, 3.8) is 0 Å². The van der Waals surface area contributed by atoms with Gasteiger partial charge < -0.3 is 13.9 Å². The lowest BCUT2D eigenvalue weighted by atomic mass is 9.99. The normalized spacial score (nSPS) is 16.9. The van der Waals surface area contributed by atoms with E-state index in [0.717, 1.165) is 16.7 Å². The Bertz CT molecular complexity index is 785. The molecule has 27 heavy (non-hydrogen) atoms. The molecule has 8 heteroatoms. The Balaban J connectivity index is 1.85. The predicted octanol–water partition coefficient (Wildman–Crippen LogP) is 4.62. The number of carbonyl (C=O) groups excluding carboxylic acids is 1. The number of furan rings is 1. The van der Waals surface area contributed by atoms with Crippen molar-refractivity contribution < 1.29 is 27.5 Å². The molecule has 0 unspecified atom stereocenters. The van der Waals surface area contributed by atoms with Gasteiger partial charge in [-0.05, 0) is 11.6 Å². The zero-order valence-electron chi connectivity index (χ0n) is 15.2. The van der Waals surface area contributed by atoms with Crippen LogP contribution >= 0.6 is 11.9 Å². The Morgan fingerprint density at radius 1 is 1.26 bits per heavy atom. The van der Waals surface area contributed by atoms with Crippen LogP contribution in [0.2, 0.25) is 0 Å². The van der Waals surface area contributed by atoms with Gasteiger partial charge >= 0.3 is 5.97 Å². The van der Waals surface area contributed by atoms with E-state index in [0.29, 0.717) is 30.2 Å². The van der Waals surface area contributed by atoms with Crippen molar-refractivity contribution in [2.75, 3.05) is 27.3 Å². The summed E-state index contributed by atoms with van der Waals surface area (Å²) >= 11 is 1.43. The summed E-state index contributed by atoms with van der Waals surface area (Å²) in [6.45, 7) is 0.630. The summed E-state index contributed by atoms with van der Waals surface area (Å²) in [6.07, 6.45) is 2.82. The number of esters is 1. The summed E-state index contributed by atoms with van der Waals surface area (Å²) in [5.74, 6) is -2.22. The number of ether oxygens (including phenoxy) is 2. The highest BCUT2D eigenvalue weighted by molar-refractivity contribution is 7.96. The third kappa shape index (κ3) is 4.44. The van der Waals surface area contributed by atoms with E-state index in [-0.39, 0.29) is 12.8 Å². The van der Waals surface area contributed by atoms with Crippen molar-refractivity contribution in [1.29, 1.82) is 0 Å². The van der Waals surface area contributed by atoms with E-state index in [2.05, 4.69) is 0 Å². The maximum atomic E-state index is 13.3. The Labute approximate surface area is 160 Å². The molecule has 0 saturated carbocycles. The van der Waals surface area contributed by atoms with E-state index in [1.807, 2.05) is 16.4 Å². The van der Waals surface area contributed by atoms with Gasteiger partial charge in [-0.2, -0.15) is 0 Å². The molecular weight excluding hydrogens is 376 g/mol. The highest BCUT2D eigenvalue weighted by Crippen LogP contribution is 2.38. The second-order valence-electron chi connectivity index (χ2n) is 6.24. The van der Waals surface area contributed by atoms with Gasteiger partial charge in [0, 0.05) is 42.8 Å². The van der Waals surface area contributed by atoms with E-state index in [9.17, 15) is 13.6 Å². The van der Waals surface area contributed by atoms with E-state index in [4.69, 9.17) is 13.9 Å². The van der Waals surface area contributed by atoms with E-state index >= 15 is 0 Å². The molecule has 1 aromatic heterocycles. The van der Waals surface area contributed by atoms with Gasteiger partial charge in [0.05, 0.1) is 26.7 Å². The van der Waals surface area contributed by atoms with Gasteiger partial charge in [0.2, 0.25) is 0 Å². The van der Waals surface area contributed by atoms with Crippen molar-refractivity contribution in [3.05, 3.63) is 41.9 Å². The quantitative estimate of drug-likeness (QED) is 0.524. The molecule has 2 heterocycles. The fourth-order valence-electron chi connectivity index (χ4n) is 3.03. The molecule has 146 valence electrons. The van der Waals surface area contributed by atoms with Crippen LogP contribution in [-0.4, -0.2) is 43.5 Å². The number of rotatable bonds is 6. The molecule has 1 aliphatic rings. The third-order valence-corrected chi connectivity index (χ3v) is 5.70. The molecule has 0 bridgehead atoms. The van der Waals surface area contributed by atoms with Crippen molar-refractivity contribution in [2.24, 2.45) is 0 Å². The summed E-state index contributed by atoms with van der Waals surface area (Å²) in [4.78, 5) is 12.4. The zero-order chi connectivity index (χ0) is 19.4. The van der Waals surface area contributed by atoms with Gasteiger partial charge in [-0.15, -0.1) is 0 Å². The number of carbonyl (C=O) groups is 1. The summed E-state index contributed by atoms with van der Waals surface area (Å²) in [5.41, 5.74) is 2.58. The van der Waals surface area contributed by atoms with E-state index < -0.39 is 11.9 Å². The summed E-state index contributed by atoms with van der Waals surface area (Å²) in [6, 6.07) is 5.47. The van der Waals surface area contributed by atoms with Crippen molar-refractivity contribution in [2.45, 2.75) is 24.5 Å². The standard InChI is InChI=1S/C19H21F2NO4S/c1-24-17-15(13-5-10-26-11-13)4-3-14(16(17)18(23)25-2)12-27-22-8-6-19(20,21)7-9-22/h3-5,10-11H,6-9,12H2,1-2H3. The average Bonchev–Trinajstić information content (AvgIpc) is 3.20. The number of nitrogens with zero attached hydrogens (tertiary/aromatic N) is 1. The minimum Gasteiger partial charge on any atom is -0.495 e.